The van der Waals surface area contributed by atoms with Crippen molar-refractivity contribution in [1.29, 1.82) is 10.8 Å². The standard InChI is InChI=1S/C47H68N16O10/c1-26(65)57-32(16-9-19-54-46(49)50)40(68)62-36-23-38(66)53-18-8-7-15-31(39(48)67)58-43(71)35(22-28-24-56-30-14-6-5-13-29(28)30)61-41(69)33(17-10-20-55-47(51)52)59-42(70)34(21-27-11-3-2-4-12-27)60-45(73)37(25-64)63-44(36)72/h2-6,11-14,24,31-37,56,64H,7-10,15-23,25H2,1H3,(H2,48,67)(H,53,66)(H,57,65)(H,58,71)(H,59,70)(H,60,73)(H,61,69)(H,62,68)(H,63,72)(H4,49,50,54)(H4,51,52,55)/t31?,32-,33-,34+,35-,36-,37-/m0/s1. The van der Waals surface area contributed by atoms with Gasteiger partial charge in [-0.3, -0.25) is 54.0 Å². The smallest absolute Gasteiger partial charge is 0.245 e. The third-order valence-corrected chi connectivity index (χ3v) is 11.7. The summed E-state index contributed by atoms with van der Waals surface area (Å²) in [6, 6.07) is 5.56. The Morgan fingerprint density at radius 1 is 0.726 bits per heavy atom. The Hall–Kier alpha value is -8.29. The number of aliphatic hydroxyl groups is 1. The molecule has 0 bridgehead atoms. The quantitative estimate of drug-likeness (QED) is 0.0349. The predicted octanol–water partition coefficient (Wildman–Crippen LogP) is -3.94. The number of aromatic nitrogens is 1. The lowest BCUT2D eigenvalue weighted by molar-refractivity contribution is -0.136. The number of rotatable bonds is 17. The van der Waals surface area contributed by atoms with Gasteiger partial charge >= 0.3 is 0 Å². The Labute approximate surface area is 421 Å². The zero-order valence-corrected chi connectivity index (χ0v) is 40.6. The van der Waals surface area contributed by atoms with Crippen molar-refractivity contribution < 1.29 is 48.3 Å². The number of fused-ring (bicyclic) bond motifs is 1. The second-order valence-corrected chi connectivity index (χ2v) is 17.5. The Bertz CT molecular complexity index is 2430. The van der Waals surface area contributed by atoms with Crippen molar-refractivity contribution in [2.45, 2.75) is 113 Å². The number of aromatic amines is 1. The van der Waals surface area contributed by atoms with Crippen molar-refractivity contribution in [2.24, 2.45) is 17.2 Å². The number of aliphatic hydroxyl groups excluding tert-OH is 1. The number of carbonyl (C=O) groups is 9. The molecule has 7 atom stereocenters. The number of hydrogen-bond donors (Lipinski definition) is 17. The molecule has 0 aliphatic carbocycles. The Balaban J connectivity index is 1.73. The number of carbonyl (C=O) groups excluding carboxylic acids is 9. The van der Waals surface area contributed by atoms with E-state index in [1.165, 1.54) is 6.92 Å². The number of para-hydroxylation sites is 1. The van der Waals surface area contributed by atoms with Crippen LogP contribution in [0.25, 0.3) is 10.9 Å². The van der Waals surface area contributed by atoms with E-state index in [-0.39, 0.29) is 89.3 Å². The van der Waals surface area contributed by atoms with E-state index < -0.39 is 108 Å². The molecule has 1 aliphatic rings. The predicted molar refractivity (Wildman–Crippen MR) is 267 cm³/mol. The minimum atomic E-state index is -1.77. The molecular weight excluding hydrogens is 949 g/mol. The van der Waals surface area contributed by atoms with Crippen LogP contribution in [0.5, 0.6) is 0 Å². The molecule has 20 N–H and O–H groups in total. The van der Waals surface area contributed by atoms with Crippen LogP contribution in [0.4, 0.5) is 0 Å². The molecule has 1 fully saturated rings. The van der Waals surface area contributed by atoms with Crippen LogP contribution in [0.2, 0.25) is 0 Å². The molecule has 0 saturated carbocycles. The fraction of sp³-hybridized carbons (Fsp3) is 0.468. The summed E-state index contributed by atoms with van der Waals surface area (Å²) in [6.07, 6.45) is 1.51. The monoisotopic (exact) mass is 1020 g/mol. The lowest BCUT2D eigenvalue weighted by Gasteiger charge is -2.27. The Morgan fingerprint density at radius 3 is 1.97 bits per heavy atom. The number of H-pyrrole nitrogens is 1. The number of nitrogens with two attached hydrogens (primary N) is 3. The van der Waals surface area contributed by atoms with Gasteiger partial charge in [-0.25, -0.2) is 0 Å². The van der Waals surface area contributed by atoms with Crippen LogP contribution in [-0.2, 0) is 56.0 Å². The zero-order chi connectivity index (χ0) is 53.5. The summed E-state index contributed by atoms with van der Waals surface area (Å²) in [5, 5.41) is 52.0. The van der Waals surface area contributed by atoms with E-state index in [0.717, 1.165) is 10.9 Å². The zero-order valence-electron chi connectivity index (χ0n) is 40.6. The first-order chi connectivity index (χ1) is 34.8. The first kappa shape index (κ1) is 57.3. The van der Waals surface area contributed by atoms with Crippen LogP contribution >= 0.6 is 0 Å². The molecule has 9 amide bonds. The molecule has 4 rings (SSSR count). The van der Waals surface area contributed by atoms with Gasteiger partial charge in [0.25, 0.3) is 0 Å². The Morgan fingerprint density at radius 2 is 1.32 bits per heavy atom. The first-order valence-corrected chi connectivity index (χ1v) is 23.9. The lowest BCUT2D eigenvalue weighted by atomic mass is 10.0. The fourth-order valence-corrected chi connectivity index (χ4v) is 7.91. The van der Waals surface area contributed by atoms with Gasteiger partial charge in [0.05, 0.1) is 13.0 Å². The van der Waals surface area contributed by atoms with Crippen LogP contribution in [0.15, 0.2) is 60.8 Å². The molecule has 3 aromatic rings. The van der Waals surface area contributed by atoms with E-state index >= 15 is 0 Å². The van der Waals surface area contributed by atoms with Gasteiger partial charge in [-0.1, -0.05) is 48.5 Å². The van der Waals surface area contributed by atoms with Crippen molar-refractivity contribution in [3.8, 4) is 0 Å². The van der Waals surface area contributed by atoms with E-state index in [1.807, 2.05) is 18.2 Å². The molecule has 1 unspecified atom stereocenters. The van der Waals surface area contributed by atoms with Crippen molar-refractivity contribution in [3.05, 3.63) is 71.9 Å². The average molecular weight is 1020 g/mol. The third kappa shape index (κ3) is 19.4. The number of primary amides is 1. The molecule has 2 aromatic carbocycles. The first-order valence-electron chi connectivity index (χ1n) is 23.9. The van der Waals surface area contributed by atoms with E-state index in [9.17, 15) is 48.3 Å². The number of guanidine groups is 2. The molecule has 396 valence electrons. The van der Waals surface area contributed by atoms with Crippen LogP contribution < -0.4 is 70.4 Å². The van der Waals surface area contributed by atoms with E-state index in [4.69, 9.17) is 28.0 Å². The molecule has 2 heterocycles. The summed E-state index contributed by atoms with van der Waals surface area (Å²) in [5.41, 5.74) is 18.5. The average Bonchev–Trinajstić information content (AvgIpc) is 3.75. The van der Waals surface area contributed by atoms with Gasteiger partial charge in [0.15, 0.2) is 11.9 Å². The SMILES string of the molecule is CC(=O)N[C@@H](CCCNC(=N)N)C(=O)N[C@H]1CC(=O)NCCCCC(C(N)=O)NC(=O)[C@H](Cc2c[nH]c3ccccc23)NC(=O)[C@H](CCCNC(=N)N)NC(=O)[C@@H](Cc2ccccc2)NC(=O)[C@H](CO)NC1=O. The van der Waals surface area contributed by atoms with Gasteiger partial charge in [-0.15, -0.1) is 0 Å². The molecule has 73 heavy (non-hydrogen) atoms. The molecular formula is C47H68N16O10. The van der Waals surface area contributed by atoms with Crippen molar-refractivity contribution >= 4 is 76.0 Å². The highest BCUT2D eigenvalue weighted by molar-refractivity contribution is 5.99. The van der Waals surface area contributed by atoms with E-state index in [0.29, 0.717) is 11.1 Å². The molecule has 1 saturated heterocycles. The molecule has 1 aromatic heterocycles. The minimum absolute atomic E-state index is 0.00642. The highest BCUT2D eigenvalue weighted by Gasteiger charge is 2.35. The highest BCUT2D eigenvalue weighted by atomic mass is 16.3. The molecule has 26 nitrogen and oxygen atoms in total. The van der Waals surface area contributed by atoms with Gasteiger partial charge in [0.1, 0.15) is 42.3 Å². The minimum Gasteiger partial charge on any atom is -0.394 e. The summed E-state index contributed by atoms with van der Waals surface area (Å²) in [6.45, 7) is 0.397. The molecule has 0 spiro atoms. The summed E-state index contributed by atoms with van der Waals surface area (Å²) in [7, 11) is 0. The number of benzene rings is 2. The number of nitrogens with one attached hydrogen (secondary N) is 13. The van der Waals surface area contributed by atoms with Gasteiger partial charge in [0.2, 0.25) is 53.2 Å². The fourth-order valence-electron chi connectivity index (χ4n) is 7.91. The molecule has 1 aliphatic heterocycles. The maximum absolute atomic E-state index is 14.5. The summed E-state index contributed by atoms with van der Waals surface area (Å²) in [5.74, 6) is -8.43. The van der Waals surface area contributed by atoms with Gasteiger partial charge < -0.3 is 80.5 Å². The van der Waals surface area contributed by atoms with Crippen LogP contribution in [0, 0.1) is 10.8 Å². The largest absolute Gasteiger partial charge is 0.394 e. The summed E-state index contributed by atoms with van der Waals surface area (Å²) >= 11 is 0. The second-order valence-electron chi connectivity index (χ2n) is 17.5. The van der Waals surface area contributed by atoms with Crippen LogP contribution in [-0.4, -0.2) is 144 Å². The molecule has 26 heteroatoms. The van der Waals surface area contributed by atoms with Gasteiger partial charge in [-0.2, -0.15) is 0 Å². The molecule has 0 radical (unpaired) electrons. The van der Waals surface area contributed by atoms with Crippen molar-refractivity contribution in [3.63, 3.8) is 0 Å². The van der Waals surface area contributed by atoms with Crippen molar-refractivity contribution in [2.75, 3.05) is 26.2 Å². The Kier molecular flexibility index (Phi) is 22.9. The highest BCUT2D eigenvalue weighted by Crippen LogP contribution is 2.20. The number of amides is 9. The maximum atomic E-state index is 14.5. The van der Waals surface area contributed by atoms with E-state index in [1.54, 1.807) is 42.6 Å². The lowest BCUT2D eigenvalue weighted by Crippen LogP contribution is -2.61. The third-order valence-electron chi connectivity index (χ3n) is 11.7. The van der Waals surface area contributed by atoms with Crippen LogP contribution in [0.3, 0.4) is 0 Å². The maximum Gasteiger partial charge on any atom is 0.245 e. The summed E-state index contributed by atoms with van der Waals surface area (Å²) < 4.78 is 0. The second kappa shape index (κ2) is 29.1. The summed E-state index contributed by atoms with van der Waals surface area (Å²) in [4.78, 5) is 126. The van der Waals surface area contributed by atoms with Gasteiger partial charge in [0, 0.05) is 56.5 Å². The van der Waals surface area contributed by atoms with Crippen LogP contribution in [0.1, 0.15) is 69.4 Å². The number of hydrogen-bond acceptors (Lipinski definition) is 12. The van der Waals surface area contributed by atoms with E-state index in [2.05, 4.69) is 58.2 Å². The van der Waals surface area contributed by atoms with Gasteiger partial charge in [-0.05, 0) is 62.1 Å². The topological polar surface area (TPSA) is 436 Å². The normalized spacial score (nSPS) is 21.3. The van der Waals surface area contributed by atoms with Crippen molar-refractivity contribution in [1.82, 2.24) is 58.2 Å².